The quantitative estimate of drug-likeness (QED) is 0.745. The van der Waals surface area contributed by atoms with Crippen LogP contribution in [0.4, 0.5) is 5.82 Å². The third-order valence-corrected chi connectivity index (χ3v) is 2.37. The number of rotatable bonds is 3. The lowest BCUT2D eigenvalue weighted by Crippen LogP contribution is -2.11. The van der Waals surface area contributed by atoms with Crippen molar-refractivity contribution in [1.29, 1.82) is 0 Å². The van der Waals surface area contributed by atoms with Gasteiger partial charge >= 0.3 is 0 Å². The van der Waals surface area contributed by atoms with Crippen molar-refractivity contribution in [2.24, 2.45) is 5.92 Å². The molecule has 2 atom stereocenters. The molecule has 72 valence electrons. The molecule has 3 N–H and O–H groups in total. The number of nitrogen functional groups attached to an aromatic ring is 1. The van der Waals surface area contributed by atoms with E-state index in [1.165, 1.54) is 0 Å². The van der Waals surface area contributed by atoms with Gasteiger partial charge in [-0.3, -0.25) is 0 Å². The van der Waals surface area contributed by atoms with Gasteiger partial charge in [-0.05, 0) is 12.0 Å². The summed E-state index contributed by atoms with van der Waals surface area (Å²) >= 11 is 0. The Hall–Kier alpha value is -1.09. The molecular formula is C10H16N2O. The third-order valence-electron chi connectivity index (χ3n) is 2.37. The lowest BCUT2D eigenvalue weighted by atomic mass is 9.96. The number of aromatic nitrogens is 1. The standard InChI is InChI=1S/C10H16N2O/c1-3-7(2)9(13)8-5-4-6-12-10(8)11/h4-7,9,13H,3H2,1-2H3,(H2,11,12). The van der Waals surface area contributed by atoms with Crippen LogP contribution in [0.25, 0.3) is 0 Å². The summed E-state index contributed by atoms with van der Waals surface area (Å²) in [6.07, 6.45) is 2.05. The fourth-order valence-corrected chi connectivity index (χ4v) is 1.21. The van der Waals surface area contributed by atoms with Crippen LogP contribution in [-0.4, -0.2) is 10.1 Å². The van der Waals surface area contributed by atoms with E-state index in [4.69, 9.17) is 5.73 Å². The third kappa shape index (κ3) is 2.18. The molecule has 1 rings (SSSR count). The molecule has 13 heavy (non-hydrogen) atoms. The summed E-state index contributed by atoms with van der Waals surface area (Å²) < 4.78 is 0. The Morgan fingerprint density at radius 2 is 2.31 bits per heavy atom. The van der Waals surface area contributed by atoms with Crippen LogP contribution in [-0.2, 0) is 0 Å². The summed E-state index contributed by atoms with van der Waals surface area (Å²) in [6, 6.07) is 3.61. The van der Waals surface area contributed by atoms with Crippen LogP contribution in [0.5, 0.6) is 0 Å². The van der Waals surface area contributed by atoms with Crippen molar-refractivity contribution in [1.82, 2.24) is 4.98 Å². The zero-order valence-electron chi connectivity index (χ0n) is 8.07. The minimum absolute atomic E-state index is 0.214. The van der Waals surface area contributed by atoms with Crippen LogP contribution >= 0.6 is 0 Å². The Morgan fingerprint density at radius 3 is 2.85 bits per heavy atom. The van der Waals surface area contributed by atoms with Crippen molar-refractivity contribution >= 4 is 5.82 Å². The van der Waals surface area contributed by atoms with Crippen molar-refractivity contribution < 1.29 is 5.11 Å². The molecule has 0 spiro atoms. The average molecular weight is 180 g/mol. The Kier molecular flexibility index (Phi) is 3.25. The van der Waals surface area contributed by atoms with Crippen molar-refractivity contribution in [2.45, 2.75) is 26.4 Å². The van der Waals surface area contributed by atoms with Crippen LogP contribution < -0.4 is 5.73 Å². The second kappa shape index (κ2) is 4.23. The maximum Gasteiger partial charge on any atom is 0.129 e. The van der Waals surface area contributed by atoms with E-state index in [0.29, 0.717) is 5.82 Å². The Balaban J connectivity index is 2.88. The number of nitrogens with zero attached hydrogens (tertiary/aromatic N) is 1. The molecule has 3 heteroatoms. The smallest absolute Gasteiger partial charge is 0.129 e. The number of pyridine rings is 1. The van der Waals surface area contributed by atoms with E-state index in [-0.39, 0.29) is 5.92 Å². The summed E-state index contributed by atoms with van der Waals surface area (Å²) in [5.74, 6) is 0.641. The highest BCUT2D eigenvalue weighted by molar-refractivity contribution is 5.40. The van der Waals surface area contributed by atoms with E-state index in [2.05, 4.69) is 4.98 Å². The van der Waals surface area contributed by atoms with Gasteiger partial charge in [0, 0.05) is 11.8 Å². The van der Waals surface area contributed by atoms with Gasteiger partial charge in [-0.1, -0.05) is 26.3 Å². The molecule has 0 aliphatic carbocycles. The molecule has 1 aromatic heterocycles. The minimum atomic E-state index is -0.501. The molecule has 1 aromatic rings. The zero-order chi connectivity index (χ0) is 9.84. The molecule has 0 bridgehead atoms. The molecule has 1 heterocycles. The number of hydrogen-bond donors (Lipinski definition) is 2. The van der Waals surface area contributed by atoms with Crippen molar-refractivity contribution in [3.8, 4) is 0 Å². The number of aliphatic hydroxyl groups excluding tert-OH is 1. The molecule has 0 saturated heterocycles. The lowest BCUT2D eigenvalue weighted by molar-refractivity contribution is 0.116. The summed E-state index contributed by atoms with van der Waals surface area (Å²) in [4.78, 5) is 3.93. The van der Waals surface area contributed by atoms with Gasteiger partial charge in [0.1, 0.15) is 5.82 Å². The second-order valence-electron chi connectivity index (χ2n) is 3.31. The zero-order valence-corrected chi connectivity index (χ0v) is 8.07. The predicted molar refractivity (Wildman–Crippen MR) is 53.1 cm³/mol. The van der Waals surface area contributed by atoms with Crippen LogP contribution in [0.1, 0.15) is 31.9 Å². The summed E-state index contributed by atoms with van der Waals surface area (Å²) in [5.41, 5.74) is 6.38. The summed E-state index contributed by atoms with van der Waals surface area (Å²) in [5, 5.41) is 9.85. The van der Waals surface area contributed by atoms with E-state index in [1.807, 2.05) is 19.9 Å². The van der Waals surface area contributed by atoms with Gasteiger partial charge in [0.2, 0.25) is 0 Å². The molecule has 0 aliphatic rings. The topological polar surface area (TPSA) is 59.1 Å². The molecular weight excluding hydrogens is 164 g/mol. The fraction of sp³-hybridized carbons (Fsp3) is 0.500. The van der Waals surface area contributed by atoms with Crippen LogP contribution in [0, 0.1) is 5.92 Å². The van der Waals surface area contributed by atoms with Gasteiger partial charge in [-0.2, -0.15) is 0 Å². The second-order valence-corrected chi connectivity index (χ2v) is 3.31. The van der Waals surface area contributed by atoms with Crippen LogP contribution in [0.2, 0.25) is 0 Å². The lowest BCUT2D eigenvalue weighted by Gasteiger charge is -2.18. The highest BCUT2D eigenvalue weighted by atomic mass is 16.3. The SMILES string of the molecule is CCC(C)C(O)c1cccnc1N. The molecule has 0 aliphatic heterocycles. The highest BCUT2D eigenvalue weighted by Gasteiger charge is 2.16. The number of hydrogen-bond acceptors (Lipinski definition) is 3. The van der Waals surface area contributed by atoms with E-state index >= 15 is 0 Å². The monoisotopic (exact) mass is 180 g/mol. The molecule has 0 fully saturated rings. The molecule has 0 saturated carbocycles. The van der Waals surface area contributed by atoms with Crippen molar-refractivity contribution in [3.63, 3.8) is 0 Å². The molecule has 0 amide bonds. The van der Waals surface area contributed by atoms with E-state index in [9.17, 15) is 5.11 Å². The molecule has 3 nitrogen and oxygen atoms in total. The van der Waals surface area contributed by atoms with E-state index < -0.39 is 6.10 Å². The normalized spacial score (nSPS) is 15.3. The first-order valence-electron chi connectivity index (χ1n) is 4.55. The largest absolute Gasteiger partial charge is 0.388 e. The van der Waals surface area contributed by atoms with E-state index in [1.54, 1.807) is 12.3 Å². The highest BCUT2D eigenvalue weighted by Crippen LogP contribution is 2.26. The predicted octanol–water partition coefficient (Wildman–Crippen LogP) is 1.74. The van der Waals surface area contributed by atoms with Gasteiger partial charge in [0.05, 0.1) is 6.10 Å². The maximum atomic E-state index is 9.85. The van der Waals surface area contributed by atoms with Crippen LogP contribution in [0.15, 0.2) is 18.3 Å². The average Bonchev–Trinajstić information content (AvgIpc) is 2.16. The number of nitrogens with two attached hydrogens (primary N) is 1. The maximum absolute atomic E-state index is 9.85. The number of anilines is 1. The Morgan fingerprint density at radius 1 is 1.62 bits per heavy atom. The first-order chi connectivity index (χ1) is 6.16. The van der Waals surface area contributed by atoms with Gasteiger partial charge in [-0.25, -0.2) is 4.98 Å². The minimum Gasteiger partial charge on any atom is -0.388 e. The summed E-state index contributed by atoms with van der Waals surface area (Å²) in [6.45, 7) is 4.04. The van der Waals surface area contributed by atoms with Gasteiger partial charge < -0.3 is 10.8 Å². The van der Waals surface area contributed by atoms with E-state index in [0.717, 1.165) is 12.0 Å². The molecule has 0 aromatic carbocycles. The molecule has 2 unspecified atom stereocenters. The first-order valence-corrected chi connectivity index (χ1v) is 4.55. The van der Waals surface area contributed by atoms with Crippen molar-refractivity contribution in [3.05, 3.63) is 23.9 Å². The first kappa shape index (κ1) is 9.99. The Labute approximate surface area is 78.6 Å². The Bertz CT molecular complexity index is 275. The molecule has 0 radical (unpaired) electrons. The fourth-order valence-electron chi connectivity index (χ4n) is 1.21. The number of aliphatic hydroxyl groups is 1. The van der Waals surface area contributed by atoms with Gasteiger partial charge in [0.25, 0.3) is 0 Å². The van der Waals surface area contributed by atoms with Gasteiger partial charge in [-0.15, -0.1) is 0 Å². The van der Waals surface area contributed by atoms with Crippen molar-refractivity contribution in [2.75, 3.05) is 5.73 Å². The summed E-state index contributed by atoms with van der Waals surface area (Å²) in [7, 11) is 0. The van der Waals surface area contributed by atoms with Crippen LogP contribution in [0.3, 0.4) is 0 Å². The van der Waals surface area contributed by atoms with Gasteiger partial charge in [0.15, 0.2) is 0 Å².